The van der Waals surface area contributed by atoms with Gasteiger partial charge >= 0.3 is 0 Å². The average molecular weight is 327 g/mol. The minimum absolute atomic E-state index is 0.00229. The third kappa shape index (κ3) is 3.64. The van der Waals surface area contributed by atoms with Crippen LogP contribution in [0.5, 0.6) is 0 Å². The van der Waals surface area contributed by atoms with Gasteiger partial charge in [0, 0.05) is 16.6 Å². The van der Waals surface area contributed by atoms with Crippen LogP contribution in [0.3, 0.4) is 0 Å². The fourth-order valence-electron chi connectivity index (χ4n) is 1.56. The molecule has 5 heteroatoms. The molecule has 0 spiro atoms. The standard InChI is InChI=1S/C14H16BrFN2O/c1-14(2,3)17-7-9-8-19-13(18-9)12-10(15)5-4-6-11(12)16/h4-6,8,17H,7H2,1-3H3. The lowest BCUT2D eigenvalue weighted by molar-refractivity contribution is 0.421. The first-order chi connectivity index (χ1) is 8.87. The monoisotopic (exact) mass is 326 g/mol. The smallest absolute Gasteiger partial charge is 0.230 e. The highest BCUT2D eigenvalue weighted by atomic mass is 79.9. The number of halogens is 2. The highest BCUT2D eigenvalue weighted by molar-refractivity contribution is 9.10. The largest absolute Gasteiger partial charge is 0.444 e. The lowest BCUT2D eigenvalue weighted by Crippen LogP contribution is -2.35. The summed E-state index contributed by atoms with van der Waals surface area (Å²) in [7, 11) is 0. The first kappa shape index (κ1) is 14.2. The van der Waals surface area contributed by atoms with Gasteiger partial charge in [0.2, 0.25) is 5.89 Å². The Labute approximate surface area is 120 Å². The molecule has 1 aromatic heterocycles. The van der Waals surface area contributed by atoms with E-state index in [1.54, 1.807) is 18.4 Å². The van der Waals surface area contributed by atoms with E-state index in [1.807, 2.05) is 0 Å². The highest BCUT2D eigenvalue weighted by Crippen LogP contribution is 2.30. The first-order valence-electron chi connectivity index (χ1n) is 6.00. The number of aromatic nitrogens is 1. The third-order valence-electron chi connectivity index (χ3n) is 2.53. The molecule has 0 atom stereocenters. The van der Waals surface area contributed by atoms with Crippen LogP contribution in [0.1, 0.15) is 26.5 Å². The number of nitrogens with zero attached hydrogens (tertiary/aromatic N) is 1. The average Bonchev–Trinajstić information content (AvgIpc) is 2.74. The molecule has 3 nitrogen and oxygen atoms in total. The summed E-state index contributed by atoms with van der Waals surface area (Å²) < 4.78 is 19.8. The predicted octanol–water partition coefficient (Wildman–Crippen LogP) is 4.13. The van der Waals surface area contributed by atoms with Gasteiger partial charge in [0.15, 0.2) is 0 Å². The lowest BCUT2D eigenvalue weighted by atomic mass is 10.1. The minimum atomic E-state index is -0.355. The van der Waals surface area contributed by atoms with Gasteiger partial charge in [-0.1, -0.05) is 6.07 Å². The molecule has 0 saturated carbocycles. The Morgan fingerprint density at radius 2 is 2.11 bits per heavy atom. The van der Waals surface area contributed by atoms with Crippen LogP contribution in [0.15, 0.2) is 33.4 Å². The van der Waals surface area contributed by atoms with Crippen molar-refractivity contribution in [1.82, 2.24) is 10.3 Å². The van der Waals surface area contributed by atoms with E-state index in [0.717, 1.165) is 5.69 Å². The number of hydrogen-bond donors (Lipinski definition) is 1. The molecule has 102 valence electrons. The number of rotatable bonds is 3. The van der Waals surface area contributed by atoms with E-state index in [-0.39, 0.29) is 17.2 Å². The molecule has 1 N–H and O–H groups in total. The van der Waals surface area contributed by atoms with Crippen molar-refractivity contribution >= 4 is 15.9 Å². The van der Waals surface area contributed by atoms with Crippen LogP contribution in [0.2, 0.25) is 0 Å². The normalized spacial score (nSPS) is 11.8. The van der Waals surface area contributed by atoms with Crippen LogP contribution in [0.4, 0.5) is 4.39 Å². The van der Waals surface area contributed by atoms with E-state index in [0.29, 0.717) is 16.6 Å². The summed E-state index contributed by atoms with van der Waals surface area (Å²) in [5, 5.41) is 3.30. The van der Waals surface area contributed by atoms with Gasteiger partial charge in [0.05, 0.1) is 11.3 Å². The van der Waals surface area contributed by atoms with Crippen LogP contribution < -0.4 is 5.32 Å². The fourth-order valence-corrected chi connectivity index (χ4v) is 2.07. The zero-order valence-electron chi connectivity index (χ0n) is 11.1. The second-order valence-corrected chi connectivity index (χ2v) is 6.20. The van der Waals surface area contributed by atoms with E-state index in [9.17, 15) is 4.39 Å². The van der Waals surface area contributed by atoms with Crippen molar-refractivity contribution in [3.63, 3.8) is 0 Å². The van der Waals surface area contributed by atoms with E-state index < -0.39 is 0 Å². The molecule has 0 fully saturated rings. The summed E-state index contributed by atoms with van der Waals surface area (Å²) in [5.74, 6) is -0.0674. The minimum Gasteiger partial charge on any atom is -0.444 e. The molecule has 2 aromatic rings. The van der Waals surface area contributed by atoms with Gasteiger partial charge in [-0.15, -0.1) is 0 Å². The van der Waals surface area contributed by atoms with Crippen molar-refractivity contribution in [2.45, 2.75) is 32.9 Å². The molecule has 0 unspecified atom stereocenters. The van der Waals surface area contributed by atoms with Crippen molar-refractivity contribution in [1.29, 1.82) is 0 Å². The zero-order valence-corrected chi connectivity index (χ0v) is 12.7. The van der Waals surface area contributed by atoms with Gasteiger partial charge in [-0.2, -0.15) is 0 Å². The Bertz CT molecular complexity index is 555. The molecule has 0 radical (unpaired) electrons. The molecular formula is C14H16BrFN2O. The highest BCUT2D eigenvalue weighted by Gasteiger charge is 2.16. The van der Waals surface area contributed by atoms with Gasteiger partial charge in [0.1, 0.15) is 12.1 Å². The number of nitrogens with one attached hydrogen (secondary N) is 1. The maximum Gasteiger partial charge on any atom is 0.230 e. The van der Waals surface area contributed by atoms with Gasteiger partial charge in [-0.3, -0.25) is 0 Å². The molecule has 0 aliphatic carbocycles. The molecule has 0 aliphatic heterocycles. The van der Waals surface area contributed by atoms with E-state index in [2.05, 4.69) is 47.0 Å². The van der Waals surface area contributed by atoms with Crippen LogP contribution in [0, 0.1) is 5.82 Å². The molecule has 0 aliphatic rings. The van der Waals surface area contributed by atoms with Crippen molar-refractivity contribution < 1.29 is 8.81 Å². The summed E-state index contributed by atoms with van der Waals surface area (Å²) >= 11 is 3.31. The lowest BCUT2D eigenvalue weighted by Gasteiger charge is -2.19. The number of hydrogen-bond acceptors (Lipinski definition) is 3. The van der Waals surface area contributed by atoms with E-state index in [4.69, 9.17) is 4.42 Å². The Morgan fingerprint density at radius 3 is 2.74 bits per heavy atom. The van der Waals surface area contributed by atoms with E-state index in [1.165, 1.54) is 6.07 Å². The van der Waals surface area contributed by atoms with Crippen molar-refractivity contribution in [3.8, 4) is 11.5 Å². The maximum absolute atomic E-state index is 13.8. The van der Waals surface area contributed by atoms with Gasteiger partial charge in [-0.25, -0.2) is 9.37 Å². The third-order valence-corrected chi connectivity index (χ3v) is 3.19. The predicted molar refractivity (Wildman–Crippen MR) is 76.2 cm³/mol. The number of oxazole rings is 1. The van der Waals surface area contributed by atoms with Crippen LogP contribution in [0.25, 0.3) is 11.5 Å². The SMILES string of the molecule is CC(C)(C)NCc1coc(-c2c(F)cccc2Br)n1. The second kappa shape index (κ2) is 5.43. The molecule has 0 amide bonds. The summed E-state index contributed by atoms with van der Waals surface area (Å²) in [4.78, 5) is 4.31. The Balaban J connectivity index is 2.22. The van der Waals surface area contributed by atoms with Crippen LogP contribution in [-0.4, -0.2) is 10.5 Å². The van der Waals surface area contributed by atoms with E-state index >= 15 is 0 Å². The topological polar surface area (TPSA) is 38.1 Å². The summed E-state index contributed by atoms with van der Waals surface area (Å²) in [6.45, 7) is 6.80. The quantitative estimate of drug-likeness (QED) is 0.921. The Morgan fingerprint density at radius 1 is 1.37 bits per heavy atom. The Kier molecular flexibility index (Phi) is 4.06. The maximum atomic E-state index is 13.8. The summed E-state index contributed by atoms with van der Waals surface area (Å²) in [6.07, 6.45) is 1.55. The summed E-state index contributed by atoms with van der Waals surface area (Å²) in [6, 6.07) is 4.78. The second-order valence-electron chi connectivity index (χ2n) is 5.34. The molecule has 0 saturated heterocycles. The van der Waals surface area contributed by atoms with Crippen LogP contribution in [-0.2, 0) is 6.54 Å². The molecule has 1 heterocycles. The first-order valence-corrected chi connectivity index (χ1v) is 6.80. The fraction of sp³-hybridized carbons (Fsp3) is 0.357. The van der Waals surface area contributed by atoms with Gasteiger partial charge < -0.3 is 9.73 Å². The zero-order chi connectivity index (χ0) is 14.0. The molecule has 1 aromatic carbocycles. The molecule has 2 rings (SSSR count). The molecule has 0 bridgehead atoms. The number of benzene rings is 1. The van der Waals surface area contributed by atoms with Crippen LogP contribution >= 0.6 is 15.9 Å². The molecule has 19 heavy (non-hydrogen) atoms. The van der Waals surface area contributed by atoms with Crippen molar-refractivity contribution in [3.05, 3.63) is 40.4 Å². The van der Waals surface area contributed by atoms with Crippen molar-refractivity contribution in [2.75, 3.05) is 0 Å². The summed E-state index contributed by atoms with van der Waals surface area (Å²) in [5.41, 5.74) is 1.10. The van der Waals surface area contributed by atoms with Gasteiger partial charge in [-0.05, 0) is 48.8 Å². The van der Waals surface area contributed by atoms with Crippen molar-refractivity contribution in [2.24, 2.45) is 0 Å². The molecular weight excluding hydrogens is 311 g/mol. The van der Waals surface area contributed by atoms with Gasteiger partial charge in [0.25, 0.3) is 0 Å². The Hall–Kier alpha value is -1.20.